The van der Waals surface area contributed by atoms with Crippen molar-refractivity contribution >= 4 is 17.6 Å². The number of ether oxygens (including phenoxy) is 4. The molecule has 0 spiro atoms. The number of carbonyl (C=O) groups excluding carboxylic acids is 1. The summed E-state index contributed by atoms with van der Waals surface area (Å²) in [6.45, 7) is 0. The van der Waals surface area contributed by atoms with Crippen molar-refractivity contribution in [2.45, 2.75) is 12.2 Å². The zero-order chi connectivity index (χ0) is 17.5. The van der Waals surface area contributed by atoms with Gasteiger partial charge in [0.2, 0.25) is 5.88 Å². The van der Waals surface area contributed by atoms with Crippen LogP contribution in [0.25, 0.3) is 0 Å². The lowest BCUT2D eigenvalue weighted by Gasteiger charge is -2.24. The summed E-state index contributed by atoms with van der Waals surface area (Å²) in [5, 5.41) is 0.244. The van der Waals surface area contributed by atoms with Crippen molar-refractivity contribution in [2.75, 3.05) is 21.3 Å². The minimum absolute atomic E-state index is 0.244. The van der Waals surface area contributed by atoms with Gasteiger partial charge in [-0.1, -0.05) is 29.8 Å². The van der Waals surface area contributed by atoms with Crippen LogP contribution in [0.3, 0.4) is 0 Å². The molecule has 1 heterocycles. The minimum atomic E-state index is -0.837. The molecule has 0 N–H and O–H groups in total. The van der Waals surface area contributed by atoms with Gasteiger partial charge >= 0.3 is 5.97 Å². The lowest BCUT2D eigenvalue weighted by molar-refractivity contribution is -0.163. The topological polar surface area (TPSA) is 79.8 Å². The molecule has 0 amide bonds. The number of carbonyl (C=O) groups is 1. The number of methoxy groups -OCH3 is 3. The van der Waals surface area contributed by atoms with Gasteiger partial charge in [0.1, 0.15) is 23.1 Å². The van der Waals surface area contributed by atoms with Crippen molar-refractivity contribution in [3.8, 4) is 11.6 Å². The number of hydrogen-bond donors (Lipinski definition) is 0. The van der Waals surface area contributed by atoms with E-state index in [0.717, 1.165) is 0 Å². The van der Waals surface area contributed by atoms with Gasteiger partial charge in [0.05, 0.1) is 7.11 Å². The summed E-state index contributed by atoms with van der Waals surface area (Å²) in [7, 11) is 4.18. The van der Waals surface area contributed by atoms with Crippen molar-refractivity contribution in [3.05, 3.63) is 47.4 Å². The quantitative estimate of drug-likeness (QED) is 0.430. The smallest absolute Gasteiger partial charge is 0.318 e. The third-order valence-electron chi connectivity index (χ3n) is 3.27. The number of nitrogens with zero attached hydrogens (tertiary/aromatic N) is 2. The Labute approximate surface area is 144 Å². The number of aromatic nitrogens is 2. The Kier molecular flexibility index (Phi) is 6.48. The Morgan fingerprint density at radius 1 is 1.12 bits per heavy atom. The summed E-state index contributed by atoms with van der Waals surface area (Å²) < 4.78 is 21.1. The molecule has 0 radical (unpaired) electrons. The van der Waals surface area contributed by atoms with Crippen LogP contribution < -0.4 is 4.74 Å². The van der Waals surface area contributed by atoms with Gasteiger partial charge < -0.3 is 18.9 Å². The molecular weight excluding hydrogens is 336 g/mol. The lowest BCUT2D eigenvalue weighted by Crippen LogP contribution is -2.30. The Hall–Kier alpha value is -2.22. The van der Waals surface area contributed by atoms with Crippen LogP contribution in [0.15, 0.2) is 36.7 Å². The lowest BCUT2D eigenvalue weighted by atomic mass is 9.97. The second-order valence-corrected chi connectivity index (χ2v) is 5.05. The SMILES string of the molecule is COC(=O)[C@H](c1ccccc1Oc1cc(Cl)ncn1)C(OC)OC. The average Bonchev–Trinajstić information content (AvgIpc) is 2.60. The van der Waals surface area contributed by atoms with Crippen LogP contribution in [-0.4, -0.2) is 43.6 Å². The standard InChI is InChI=1S/C16H17ClN2O5/c1-21-15(20)14(16(22-2)23-3)10-6-4-5-7-11(10)24-13-8-12(17)18-9-19-13/h4-9,14,16H,1-3H3/t14-/m0/s1. The first-order valence-electron chi connectivity index (χ1n) is 6.98. The maximum absolute atomic E-state index is 12.2. The highest BCUT2D eigenvalue weighted by Gasteiger charge is 2.33. The van der Waals surface area contributed by atoms with Crippen LogP contribution in [-0.2, 0) is 19.0 Å². The van der Waals surface area contributed by atoms with Crippen molar-refractivity contribution in [1.29, 1.82) is 0 Å². The van der Waals surface area contributed by atoms with E-state index in [1.54, 1.807) is 24.3 Å². The second-order valence-electron chi connectivity index (χ2n) is 4.66. The first-order valence-corrected chi connectivity index (χ1v) is 7.36. The normalized spacial score (nSPS) is 12.0. The van der Waals surface area contributed by atoms with Crippen LogP contribution in [0.4, 0.5) is 0 Å². The summed E-state index contributed by atoms with van der Waals surface area (Å²) in [6, 6.07) is 8.43. The number of benzene rings is 1. The van der Waals surface area contributed by atoms with Crippen molar-refractivity contribution in [1.82, 2.24) is 9.97 Å². The third-order valence-corrected chi connectivity index (χ3v) is 3.48. The molecule has 8 heteroatoms. The first kappa shape index (κ1) is 18.1. The van der Waals surface area contributed by atoms with E-state index in [1.807, 2.05) is 0 Å². The third kappa shape index (κ3) is 4.19. The van der Waals surface area contributed by atoms with E-state index in [4.69, 9.17) is 30.5 Å². The Morgan fingerprint density at radius 2 is 1.83 bits per heavy atom. The molecule has 1 aromatic heterocycles. The number of halogens is 1. The summed E-state index contributed by atoms with van der Waals surface area (Å²) in [5.41, 5.74) is 0.535. The van der Waals surface area contributed by atoms with Gasteiger partial charge in [-0.05, 0) is 6.07 Å². The maximum Gasteiger partial charge on any atom is 0.318 e. The van der Waals surface area contributed by atoms with E-state index in [1.165, 1.54) is 33.7 Å². The maximum atomic E-state index is 12.2. The molecule has 0 saturated heterocycles. The zero-order valence-corrected chi connectivity index (χ0v) is 14.2. The minimum Gasteiger partial charge on any atom is -0.468 e. The van der Waals surface area contributed by atoms with Crippen molar-refractivity contribution < 1.29 is 23.7 Å². The fourth-order valence-corrected chi connectivity index (χ4v) is 2.33. The molecule has 2 aromatic rings. The molecule has 0 aliphatic carbocycles. The monoisotopic (exact) mass is 352 g/mol. The molecule has 7 nitrogen and oxygen atoms in total. The van der Waals surface area contributed by atoms with Crippen molar-refractivity contribution in [2.24, 2.45) is 0 Å². The highest BCUT2D eigenvalue weighted by atomic mass is 35.5. The Bertz CT molecular complexity index is 694. The van der Waals surface area contributed by atoms with E-state index in [0.29, 0.717) is 11.3 Å². The molecule has 128 valence electrons. The molecule has 0 unspecified atom stereocenters. The molecular formula is C16H17ClN2O5. The molecule has 2 rings (SSSR count). The van der Waals surface area contributed by atoms with Gasteiger partial charge in [0, 0.05) is 25.8 Å². The fourth-order valence-electron chi connectivity index (χ4n) is 2.20. The van der Waals surface area contributed by atoms with E-state index in [9.17, 15) is 4.79 Å². The van der Waals surface area contributed by atoms with E-state index >= 15 is 0 Å². The fraction of sp³-hybridized carbons (Fsp3) is 0.312. The molecule has 1 aromatic carbocycles. The molecule has 0 bridgehead atoms. The van der Waals surface area contributed by atoms with Gasteiger partial charge in [0.15, 0.2) is 6.29 Å². The van der Waals surface area contributed by atoms with E-state index in [2.05, 4.69) is 9.97 Å². The zero-order valence-electron chi connectivity index (χ0n) is 13.4. The molecule has 0 aliphatic heterocycles. The number of esters is 1. The second kappa shape index (κ2) is 8.58. The Morgan fingerprint density at radius 3 is 2.46 bits per heavy atom. The number of hydrogen-bond acceptors (Lipinski definition) is 7. The first-order chi connectivity index (χ1) is 11.6. The van der Waals surface area contributed by atoms with Gasteiger partial charge in [-0.2, -0.15) is 0 Å². The van der Waals surface area contributed by atoms with E-state index < -0.39 is 18.2 Å². The predicted octanol–water partition coefficient (Wildman–Crippen LogP) is 2.80. The average molecular weight is 353 g/mol. The van der Waals surface area contributed by atoms with Crippen molar-refractivity contribution in [3.63, 3.8) is 0 Å². The predicted molar refractivity (Wildman–Crippen MR) is 86.1 cm³/mol. The van der Waals surface area contributed by atoms with E-state index in [-0.39, 0.29) is 11.0 Å². The van der Waals surface area contributed by atoms with Gasteiger partial charge in [0.25, 0.3) is 0 Å². The van der Waals surface area contributed by atoms with Crippen LogP contribution in [0.1, 0.15) is 11.5 Å². The summed E-state index contributed by atoms with van der Waals surface area (Å²) in [6.07, 6.45) is 0.446. The molecule has 24 heavy (non-hydrogen) atoms. The van der Waals surface area contributed by atoms with Crippen LogP contribution >= 0.6 is 11.6 Å². The van der Waals surface area contributed by atoms with Gasteiger partial charge in [-0.25, -0.2) is 9.97 Å². The molecule has 0 saturated carbocycles. The molecule has 0 aliphatic rings. The summed E-state index contributed by atoms with van der Waals surface area (Å²) in [4.78, 5) is 20.0. The number of rotatable bonds is 7. The molecule has 0 fully saturated rings. The van der Waals surface area contributed by atoms with Crippen LogP contribution in [0, 0.1) is 0 Å². The van der Waals surface area contributed by atoms with Crippen LogP contribution in [0.5, 0.6) is 11.6 Å². The number of para-hydroxylation sites is 1. The van der Waals surface area contributed by atoms with Crippen LogP contribution in [0.2, 0.25) is 5.15 Å². The summed E-state index contributed by atoms with van der Waals surface area (Å²) >= 11 is 5.84. The van der Waals surface area contributed by atoms with Gasteiger partial charge in [-0.15, -0.1) is 0 Å². The summed E-state index contributed by atoms with van der Waals surface area (Å²) in [5.74, 6) is -0.696. The highest BCUT2D eigenvalue weighted by molar-refractivity contribution is 6.29. The largest absolute Gasteiger partial charge is 0.468 e. The molecule has 1 atom stereocenters. The highest BCUT2D eigenvalue weighted by Crippen LogP contribution is 2.34. The Balaban J connectivity index is 2.42. The van der Waals surface area contributed by atoms with Gasteiger partial charge in [-0.3, -0.25) is 4.79 Å².